The van der Waals surface area contributed by atoms with E-state index in [2.05, 4.69) is 21.6 Å². The molecule has 43 heavy (non-hydrogen) atoms. The molecule has 0 spiro atoms. The smallest absolute Gasteiger partial charge is 0.259 e. The number of hydrogen-bond donors (Lipinski definition) is 2. The first-order valence-electron chi connectivity index (χ1n) is 14.3. The third kappa shape index (κ3) is 6.59. The number of nitrogens with one attached hydrogen (secondary N) is 2. The number of nitrogens with zero attached hydrogens (tertiary/aromatic N) is 2. The Morgan fingerprint density at radius 2 is 1.95 bits per heavy atom. The van der Waals surface area contributed by atoms with E-state index < -0.39 is 50.7 Å². The number of carbonyl (C=O) groups is 3. The van der Waals surface area contributed by atoms with Gasteiger partial charge in [-0.1, -0.05) is 38.4 Å². The Morgan fingerprint density at radius 1 is 1.23 bits per heavy atom. The van der Waals surface area contributed by atoms with Crippen LogP contribution in [0, 0.1) is 11.3 Å². The van der Waals surface area contributed by atoms with Crippen molar-refractivity contribution in [1.82, 2.24) is 19.9 Å². The number of carbonyl (C=O) groups excluding carboxylic acids is 3. The van der Waals surface area contributed by atoms with Gasteiger partial charge in [0.2, 0.25) is 27.7 Å². The topological polar surface area (TPSA) is 144 Å². The Labute approximate surface area is 256 Å². The molecule has 1 aromatic carbocycles. The fourth-order valence-electron chi connectivity index (χ4n) is 5.53. The predicted octanol–water partition coefficient (Wildman–Crippen LogP) is 3.35. The summed E-state index contributed by atoms with van der Waals surface area (Å²) >= 11 is 6.29. The maximum Gasteiger partial charge on any atom is 0.259 e. The van der Waals surface area contributed by atoms with E-state index in [1.54, 1.807) is 31.4 Å². The Morgan fingerprint density at radius 3 is 2.56 bits per heavy atom. The molecule has 2 heterocycles. The molecule has 2 saturated carbocycles. The van der Waals surface area contributed by atoms with Crippen LogP contribution in [-0.4, -0.2) is 72.6 Å². The number of pyridine rings is 1. The van der Waals surface area contributed by atoms with Gasteiger partial charge in [-0.15, -0.1) is 6.58 Å². The molecule has 5 rings (SSSR count). The van der Waals surface area contributed by atoms with Crippen LogP contribution in [0.4, 0.5) is 0 Å². The average molecular weight is 633 g/mol. The minimum Gasteiger partial charge on any atom is -0.497 e. The molecule has 3 aliphatic rings. The lowest BCUT2D eigenvalue weighted by Crippen LogP contribution is -2.56. The molecule has 3 fully saturated rings. The summed E-state index contributed by atoms with van der Waals surface area (Å²) in [6, 6.07) is 6.11. The van der Waals surface area contributed by atoms with Gasteiger partial charge in [-0.2, -0.15) is 0 Å². The van der Waals surface area contributed by atoms with Gasteiger partial charge < -0.3 is 19.7 Å². The summed E-state index contributed by atoms with van der Waals surface area (Å²) in [4.78, 5) is 46.4. The number of amides is 3. The number of fused-ring (bicyclic) bond motifs is 1. The highest BCUT2D eigenvalue weighted by Crippen LogP contribution is 2.45. The van der Waals surface area contributed by atoms with E-state index in [9.17, 15) is 22.8 Å². The molecule has 4 atom stereocenters. The van der Waals surface area contributed by atoms with Crippen molar-refractivity contribution in [3.05, 3.63) is 42.1 Å². The van der Waals surface area contributed by atoms with E-state index in [1.165, 1.54) is 11.0 Å². The van der Waals surface area contributed by atoms with Crippen LogP contribution in [0.1, 0.15) is 52.9 Å². The zero-order valence-corrected chi connectivity index (χ0v) is 26.3. The van der Waals surface area contributed by atoms with E-state index in [1.807, 2.05) is 20.8 Å². The van der Waals surface area contributed by atoms with Crippen molar-refractivity contribution in [2.75, 3.05) is 13.7 Å². The monoisotopic (exact) mass is 632 g/mol. The number of ether oxygens (including phenoxy) is 2. The lowest BCUT2D eigenvalue weighted by molar-refractivity contribution is -0.141. The molecule has 1 aromatic heterocycles. The summed E-state index contributed by atoms with van der Waals surface area (Å²) in [5.74, 6) is -1.14. The fraction of sp³-hybridized carbons (Fsp3) is 0.533. The standard InChI is InChI=1S/C30H37ClN4O7S/c1-6-18-14-30(18,28(38)34-43(39,40)21-8-9-21)33-26(37)23-13-20(16-35(23)25(36)15-29(2,3)4)42-27-22-10-7-19(41-5)11-17(22)12-24(31)32-27/h6-7,10-12,18,20-21,23H,1,8-9,13-16H2,2-5H3,(H,33,37)(H,34,38)/t18-,20-,23+,30-/m1/s1. The molecule has 0 radical (unpaired) electrons. The highest BCUT2D eigenvalue weighted by molar-refractivity contribution is 7.91. The minimum absolute atomic E-state index is 0.110. The Balaban J connectivity index is 1.39. The Bertz CT molecular complexity index is 1590. The lowest BCUT2D eigenvalue weighted by Gasteiger charge is -2.28. The molecule has 232 valence electrons. The van der Waals surface area contributed by atoms with Gasteiger partial charge in [0.1, 0.15) is 28.6 Å². The van der Waals surface area contributed by atoms with Crippen molar-refractivity contribution in [2.24, 2.45) is 11.3 Å². The number of methoxy groups -OCH3 is 1. The van der Waals surface area contributed by atoms with Crippen molar-refractivity contribution in [3.63, 3.8) is 0 Å². The van der Waals surface area contributed by atoms with Crippen LogP contribution in [-0.2, 0) is 24.4 Å². The summed E-state index contributed by atoms with van der Waals surface area (Å²) in [6.45, 7) is 9.64. The number of likely N-dealkylation sites (tertiary alicyclic amines) is 1. The number of aromatic nitrogens is 1. The van der Waals surface area contributed by atoms with Gasteiger partial charge >= 0.3 is 0 Å². The van der Waals surface area contributed by atoms with Gasteiger partial charge in [-0.25, -0.2) is 13.4 Å². The SMILES string of the molecule is C=C[C@@H]1C[C@]1(NC(=O)[C@@H]1C[C@@H](Oc2nc(Cl)cc3cc(OC)ccc23)CN1C(=O)CC(C)(C)C)C(=O)NS(=O)(=O)C1CC1. The molecule has 0 bridgehead atoms. The van der Waals surface area contributed by atoms with Crippen molar-refractivity contribution in [2.45, 2.75) is 75.8 Å². The third-order valence-electron chi connectivity index (χ3n) is 8.07. The van der Waals surface area contributed by atoms with Gasteiger partial charge in [0.15, 0.2) is 0 Å². The first-order chi connectivity index (χ1) is 20.2. The molecule has 2 aromatic rings. The Hall–Kier alpha value is -3.38. The van der Waals surface area contributed by atoms with Crippen LogP contribution in [0.5, 0.6) is 11.6 Å². The van der Waals surface area contributed by atoms with Crippen molar-refractivity contribution < 1.29 is 32.3 Å². The largest absolute Gasteiger partial charge is 0.497 e. The van der Waals surface area contributed by atoms with E-state index in [0.717, 1.165) is 5.39 Å². The third-order valence-corrected chi connectivity index (χ3v) is 10.1. The molecule has 1 saturated heterocycles. The van der Waals surface area contributed by atoms with Crippen LogP contribution in [0.2, 0.25) is 5.15 Å². The summed E-state index contributed by atoms with van der Waals surface area (Å²) < 4.78 is 38.7. The van der Waals surface area contributed by atoms with E-state index >= 15 is 0 Å². The second-order valence-corrected chi connectivity index (χ2v) is 15.1. The predicted molar refractivity (Wildman–Crippen MR) is 161 cm³/mol. The van der Waals surface area contributed by atoms with Crippen LogP contribution in [0.25, 0.3) is 10.8 Å². The molecule has 1 aliphatic heterocycles. The maximum atomic E-state index is 13.8. The lowest BCUT2D eigenvalue weighted by atomic mass is 9.91. The highest BCUT2D eigenvalue weighted by Gasteiger charge is 2.62. The van der Waals surface area contributed by atoms with Crippen molar-refractivity contribution in [3.8, 4) is 11.6 Å². The molecule has 13 heteroatoms. The number of sulfonamides is 1. The first kappa shape index (κ1) is 31.1. The summed E-state index contributed by atoms with van der Waals surface area (Å²) in [6.07, 6.45) is 2.42. The van der Waals surface area contributed by atoms with E-state index in [-0.39, 0.29) is 48.2 Å². The van der Waals surface area contributed by atoms with Gasteiger partial charge in [0.25, 0.3) is 5.91 Å². The van der Waals surface area contributed by atoms with Crippen LogP contribution in [0.3, 0.4) is 0 Å². The van der Waals surface area contributed by atoms with Crippen LogP contribution in [0.15, 0.2) is 36.9 Å². The second kappa shape index (κ2) is 11.3. The molecule has 2 aliphatic carbocycles. The zero-order valence-electron chi connectivity index (χ0n) is 24.7. The summed E-state index contributed by atoms with van der Waals surface area (Å²) in [5.41, 5.74) is -1.80. The van der Waals surface area contributed by atoms with Gasteiger partial charge in [-0.05, 0) is 54.3 Å². The van der Waals surface area contributed by atoms with Gasteiger partial charge in [-0.3, -0.25) is 19.1 Å². The normalized spacial score (nSPS) is 25.2. The van der Waals surface area contributed by atoms with E-state index in [0.29, 0.717) is 24.0 Å². The molecule has 3 amide bonds. The van der Waals surface area contributed by atoms with Crippen LogP contribution < -0.4 is 19.5 Å². The number of rotatable bonds is 10. The molecular weight excluding hydrogens is 596 g/mol. The van der Waals surface area contributed by atoms with Crippen LogP contribution >= 0.6 is 11.6 Å². The second-order valence-electron chi connectivity index (χ2n) is 12.8. The maximum absolute atomic E-state index is 13.8. The molecular formula is C30H37ClN4O7S. The molecule has 2 N–H and O–H groups in total. The Kier molecular flexibility index (Phi) is 8.14. The zero-order chi connectivity index (χ0) is 31.3. The van der Waals surface area contributed by atoms with Crippen molar-refractivity contribution in [1.29, 1.82) is 0 Å². The van der Waals surface area contributed by atoms with Crippen molar-refractivity contribution >= 4 is 50.1 Å². The average Bonchev–Trinajstić information content (AvgIpc) is 3.84. The quantitative estimate of drug-likeness (QED) is 0.300. The summed E-state index contributed by atoms with van der Waals surface area (Å²) in [7, 11) is -2.26. The van der Waals surface area contributed by atoms with Gasteiger partial charge in [0, 0.05) is 24.1 Å². The highest BCUT2D eigenvalue weighted by atomic mass is 35.5. The minimum atomic E-state index is -3.83. The first-order valence-corrected chi connectivity index (χ1v) is 16.2. The van der Waals surface area contributed by atoms with Gasteiger partial charge in [0.05, 0.1) is 18.9 Å². The number of benzene rings is 1. The van der Waals surface area contributed by atoms with E-state index in [4.69, 9.17) is 21.1 Å². The number of halogens is 1. The summed E-state index contributed by atoms with van der Waals surface area (Å²) in [5, 5.41) is 3.84. The molecule has 0 unspecified atom stereocenters. The molecule has 11 nitrogen and oxygen atoms in total. The fourth-order valence-corrected chi connectivity index (χ4v) is 7.09. The number of hydrogen-bond acceptors (Lipinski definition) is 8.